The lowest BCUT2D eigenvalue weighted by molar-refractivity contribution is -0.157. The molecule has 42 heavy (non-hydrogen) atoms. The van der Waals surface area contributed by atoms with Crippen LogP contribution in [0.25, 0.3) is 0 Å². The van der Waals surface area contributed by atoms with Crippen molar-refractivity contribution >= 4 is 35.1 Å². The van der Waals surface area contributed by atoms with Gasteiger partial charge in [0.2, 0.25) is 5.91 Å². The number of rotatable bonds is 13. The van der Waals surface area contributed by atoms with E-state index in [9.17, 15) is 18.8 Å². The molecule has 1 fully saturated rings. The van der Waals surface area contributed by atoms with Crippen LogP contribution in [0.3, 0.4) is 0 Å². The third kappa shape index (κ3) is 8.22. The van der Waals surface area contributed by atoms with Crippen molar-refractivity contribution in [3.63, 3.8) is 0 Å². The number of aryl methyl sites for hydroxylation is 1. The quantitative estimate of drug-likeness (QED) is 0.0896. The molecular weight excluding hydrogens is 553 g/mol. The van der Waals surface area contributed by atoms with E-state index < -0.39 is 16.8 Å². The second-order valence-electron chi connectivity index (χ2n) is 11.4. The first-order chi connectivity index (χ1) is 20.1. The molecule has 6 nitrogen and oxygen atoms in total. The lowest BCUT2D eigenvalue weighted by atomic mass is 9.92. The molecule has 0 aliphatic carbocycles. The molecule has 4 rings (SSSR count). The highest BCUT2D eigenvalue weighted by Crippen LogP contribution is 2.45. The van der Waals surface area contributed by atoms with Gasteiger partial charge in [0.25, 0.3) is 0 Å². The summed E-state index contributed by atoms with van der Waals surface area (Å²) in [6.07, 6.45) is 4.48. The Balaban J connectivity index is 1.44. The molecule has 1 saturated heterocycles. The van der Waals surface area contributed by atoms with Crippen LogP contribution in [0.15, 0.2) is 72.8 Å². The van der Waals surface area contributed by atoms with Crippen molar-refractivity contribution in [1.29, 1.82) is 0 Å². The van der Waals surface area contributed by atoms with E-state index in [1.807, 2.05) is 36.4 Å². The Morgan fingerprint density at radius 2 is 1.60 bits per heavy atom. The van der Waals surface area contributed by atoms with Gasteiger partial charge in [0.15, 0.2) is 12.4 Å². The minimum atomic E-state index is -0.601. The van der Waals surface area contributed by atoms with E-state index in [2.05, 4.69) is 6.92 Å². The van der Waals surface area contributed by atoms with E-state index in [0.29, 0.717) is 17.0 Å². The number of carbonyl (C=O) groups is 3. The second-order valence-corrected chi connectivity index (χ2v) is 12.5. The molecule has 0 N–H and O–H groups in total. The molecule has 0 spiro atoms. The van der Waals surface area contributed by atoms with E-state index in [0.717, 1.165) is 18.4 Å². The van der Waals surface area contributed by atoms with Gasteiger partial charge in [-0.1, -0.05) is 56.2 Å². The average molecular weight is 592 g/mol. The summed E-state index contributed by atoms with van der Waals surface area (Å²) < 4.78 is 24.5. The number of hydrogen-bond acceptors (Lipinski definition) is 6. The molecule has 1 aliphatic rings. The van der Waals surface area contributed by atoms with Crippen molar-refractivity contribution in [3.8, 4) is 5.75 Å². The van der Waals surface area contributed by atoms with Gasteiger partial charge in [0.1, 0.15) is 22.4 Å². The van der Waals surface area contributed by atoms with Crippen molar-refractivity contribution in [1.82, 2.24) is 0 Å². The lowest BCUT2D eigenvalue weighted by Gasteiger charge is -2.47. The summed E-state index contributed by atoms with van der Waals surface area (Å²) in [5.41, 5.74) is 2.67. The molecule has 0 aromatic heterocycles. The molecule has 222 valence electrons. The molecular formula is C34H38FNO5S. The number of amides is 1. The normalized spacial score (nSPS) is 16.6. The SMILES string of the molecule is CCCCCc1ccc(C(=O)CSC2C(=O)N(c3ccc(F)cc3)C2c2ccc(OCC(=O)OC(C)(C)C)cc2)cc1. The molecule has 1 amide bonds. The number of unbranched alkanes of at least 4 members (excludes halogenated alkanes) is 2. The minimum absolute atomic E-state index is 0.0298. The number of esters is 1. The molecule has 3 aromatic carbocycles. The number of nitrogens with zero attached hydrogens (tertiary/aromatic N) is 1. The molecule has 3 aromatic rings. The van der Waals surface area contributed by atoms with Gasteiger partial charge >= 0.3 is 5.97 Å². The zero-order valence-corrected chi connectivity index (χ0v) is 25.4. The number of β-lactam (4-membered cyclic amide) rings is 1. The summed E-state index contributed by atoms with van der Waals surface area (Å²) in [5.74, 6) is -0.371. The van der Waals surface area contributed by atoms with Crippen molar-refractivity contribution in [2.45, 2.75) is 70.3 Å². The number of anilines is 1. The maximum absolute atomic E-state index is 13.6. The maximum Gasteiger partial charge on any atom is 0.344 e. The number of ketones is 1. The zero-order chi connectivity index (χ0) is 30.3. The van der Waals surface area contributed by atoms with Crippen molar-refractivity contribution in [2.75, 3.05) is 17.3 Å². The molecule has 0 radical (unpaired) electrons. The zero-order valence-electron chi connectivity index (χ0n) is 24.6. The average Bonchev–Trinajstić information content (AvgIpc) is 2.95. The number of ether oxygens (including phenoxy) is 2. The van der Waals surface area contributed by atoms with Crippen LogP contribution in [0.5, 0.6) is 5.75 Å². The van der Waals surface area contributed by atoms with Crippen LogP contribution in [-0.2, 0) is 20.7 Å². The lowest BCUT2D eigenvalue weighted by Crippen LogP contribution is -2.57. The minimum Gasteiger partial charge on any atom is -0.482 e. The Labute approximate surface area is 251 Å². The van der Waals surface area contributed by atoms with Gasteiger partial charge < -0.3 is 14.4 Å². The van der Waals surface area contributed by atoms with E-state index in [1.165, 1.54) is 42.3 Å². The van der Waals surface area contributed by atoms with Crippen molar-refractivity contribution in [3.05, 3.63) is 95.3 Å². The monoisotopic (exact) mass is 591 g/mol. The van der Waals surface area contributed by atoms with Gasteiger partial charge in [-0.3, -0.25) is 9.59 Å². The summed E-state index contributed by atoms with van der Waals surface area (Å²) in [7, 11) is 0. The topological polar surface area (TPSA) is 72.9 Å². The van der Waals surface area contributed by atoms with Crippen LogP contribution in [0, 0.1) is 5.82 Å². The molecule has 0 bridgehead atoms. The number of halogens is 1. The standard InChI is InChI=1S/C34H38FNO5S/c1-5-6-7-8-23-9-11-24(12-10-23)29(37)22-42-32-31(36(33(32)39)27-17-15-26(35)16-18-27)25-13-19-28(20-14-25)40-21-30(38)41-34(2,3)4/h9-20,31-32H,5-8,21-22H2,1-4H3. The smallest absolute Gasteiger partial charge is 0.344 e. The predicted octanol–water partition coefficient (Wildman–Crippen LogP) is 7.35. The van der Waals surface area contributed by atoms with E-state index in [1.54, 1.807) is 49.9 Å². The molecule has 1 heterocycles. The van der Waals surface area contributed by atoms with E-state index >= 15 is 0 Å². The van der Waals surface area contributed by atoms with Crippen LogP contribution < -0.4 is 9.64 Å². The molecule has 8 heteroatoms. The highest BCUT2D eigenvalue weighted by molar-refractivity contribution is 8.01. The van der Waals surface area contributed by atoms with Gasteiger partial charge in [0, 0.05) is 11.3 Å². The Kier molecular flexibility index (Phi) is 10.4. The third-order valence-corrected chi connectivity index (χ3v) is 8.14. The van der Waals surface area contributed by atoms with Gasteiger partial charge in [-0.15, -0.1) is 11.8 Å². The highest BCUT2D eigenvalue weighted by Gasteiger charge is 2.49. The first-order valence-electron chi connectivity index (χ1n) is 14.3. The first kappa shape index (κ1) is 31.3. The number of thioether (sulfide) groups is 1. The third-order valence-electron chi connectivity index (χ3n) is 6.89. The number of hydrogen-bond donors (Lipinski definition) is 0. The fourth-order valence-electron chi connectivity index (χ4n) is 4.80. The molecule has 1 aliphatic heterocycles. The summed E-state index contributed by atoms with van der Waals surface area (Å²) in [6.45, 7) is 7.33. The molecule has 2 atom stereocenters. The molecule has 2 unspecified atom stereocenters. The highest BCUT2D eigenvalue weighted by atomic mass is 32.2. The Morgan fingerprint density at radius 1 is 0.929 bits per heavy atom. The van der Waals surface area contributed by atoms with Crippen LogP contribution in [-0.4, -0.2) is 40.9 Å². The summed E-state index contributed by atoms with van der Waals surface area (Å²) in [5, 5.41) is -0.485. The number of carbonyl (C=O) groups excluding carboxylic acids is 3. The maximum atomic E-state index is 13.6. The fourth-order valence-corrected chi connectivity index (χ4v) is 6.01. The second kappa shape index (κ2) is 14.0. The van der Waals surface area contributed by atoms with Crippen LogP contribution in [0.4, 0.5) is 10.1 Å². The predicted molar refractivity (Wildman–Crippen MR) is 165 cm³/mol. The Bertz CT molecular complexity index is 1370. The number of Topliss-reactive ketones (excluding diaryl/α,β-unsaturated/α-hetero) is 1. The van der Waals surface area contributed by atoms with Crippen LogP contribution in [0.2, 0.25) is 0 Å². The Hall–Kier alpha value is -3.65. The largest absolute Gasteiger partial charge is 0.482 e. The Morgan fingerprint density at radius 3 is 2.21 bits per heavy atom. The van der Waals surface area contributed by atoms with Crippen molar-refractivity contribution in [2.24, 2.45) is 0 Å². The summed E-state index contributed by atoms with van der Waals surface area (Å²) in [6, 6.07) is 20.3. The van der Waals surface area contributed by atoms with Gasteiger partial charge in [-0.05, 0) is 81.1 Å². The van der Waals surface area contributed by atoms with Crippen LogP contribution >= 0.6 is 11.8 Å². The first-order valence-corrected chi connectivity index (χ1v) is 15.4. The van der Waals surface area contributed by atoms with Crippen molar-refractivity contribution < 1.29 is 28.2 Å². The van der Waals surface area contributed by atoms with Gasteiger partial charge in [0.05, 0.1) is 11.8 Å². The molecule has 0 saturated carbocycles. The van der Waals surface area contributed by atoms with Gasteiger partial charge in [-0.2, -0.15) is 0 Å². The van der Waals surface area contributed by atoms with Gasteiger partial charge in [-0.25, -0.2) is 9.18 Å². The summed E-state index contributed by atoms with van der Waals surface area (Å²) in [4.78, 5) is 40.0. The summed E-state index contributed by atoms with van der Waals surface area (Å²) >= 11 is 1.32. The fraction of sp³-hybridized carbons (Fsp3) is 0.382. The number of benzene rings is 3. The van der Waals surface area contributed by atoms with Crippen LogP contribution in [0.1, 0.15) is 74.5 Å². The van der Waals surface area contributed by atoms with E-state index in [-0.39, 0.29) is 35.9 Å². The van der Waals surface area contributed by atoms with E-state index in [4.69, 9.17) is 9.47 Å².